The number of hydrogen-bond acceptors (Lipinski definition) is 1. The molecule has 0 N–H and O–H groups in total. The predicted octanol–water partition coefficient (Wildman–Crippen LogP) is 2.82. The standard InChI is InChI=1S/C13H23NO/c1-10(2)9-14(12-7-8-12)13(15)11-5-3-4-6-11/h10-12H,3-9H2,1-2H3. The highest BCUT2D eigenvalue weighted by Gasteiger charge is 2.36. The van der Waals surface area contributed by atoms with Gasteiger partial charge in [0.1, 0.15) is 0 Å². The van der Waals surface area contributed by atoms with Crippen LogP contribution in [-0.4, -0.2) is 23.4 Å². The molecule has 2 aliphatic carbocycles. The summed E-state index contributed by atoms with van der Waals surface area (Å²) in [6.07, 6.45) is 7.28. The zero-order chi connectivity index (χ0) is 10.8. The van der Waals surface area contributed by atoms with E-state index in [1.807, 2.05) is 0 Å². The molecule has 86 valence electrons. The van der Waals surface area contributed by atoms with Crippen molar-refractivity contribution in [3.8, 4) is 0 Å². The van der Waals surface area contributed by atoms with E-state index in [2.05, 4.69) is 18.7 Å². The van der Waals surface area contributed by atoms with Gasteiger partial charge in [-0.1, -0.05) is 26.7 Å². The van der Waals surface area contributed by atoms with Gasteiger partial charge in [-0.3, -0.25) is 4.79 Å². The number of rotatable bonds is 4. The van der Waals surface area contributed by atoms with Crippen molar-refractivity contribution >= 4 is 5.91 Å². The van der Waals surface area contributed by atoms with E-state index in [4.69, 9.17) is 0 Å². The Balaban J connectivity index is 1.93. The molecule has 0 unspecified atom stereocenters. The number of hydrogen-bond donors (Lipinski definition) is 0. The van der Waals surface area contributed by atoms with Crippen molar-refractivity contribution in [2.75, 3.05) is 6.54 Å². The van der Waals surface area contributed by atoms with Gasteiger partial charge < -0.3 is 4.90 Å². The zero-order valence-electron chi connectivity index (χ0n) is 10.0. The van der Waals surface area contributed by atoms with E-state index in [9.17, 15) is 4.79 Å². The van der Waals surface area contributed by atoms with Crippen LogP contribution in [0, 0.1) is 11.8 Å². The van der Waals surface area contributed by atoms with E-state index in [-0.39, 0.29) is 0 Å². The summed E-state index contributed by atoms with van der Waals surface area (Å²) in [4.78, 5) is 14.5. The lowest BCUT2D eigenvalue weighted by Crippen LogP contribution is -2.39. The molecule has 0 atom stereocenters. The molecule has 2 fully saturated rings. The zero-order valence-corrected chi connectivity index (χ0v) is 10.0. The van der Waals surface area contributed by atoms with Gasteiger partial charge >= 0.3 is 0 Å². The van der Waals surface area contributed by atoms with Crippen molar-refractivity contribution in [3.63, 3.8) is 0 Å². The van der Waals surface area contributed by atoms with E-state index in [1.54, 1.807) is 0 Å². The quantitative estimate of drug-likeness (QED) is 0.697. The van der Waals surface area contributed by atoms with Gasteiger partial charge in [-0.15, -0.1) is 0 Å². The Morgan fingerprint density at radius 1 is 1.20 bits per heavy atom. The molecule has 0 heterocycles. The minimum absolute atomic E-state index is 0.365. The fourth-order valence-electron chi connectivity index (χ4n) is 2.61. The molecule has 0 aromatic carbocycles. The SMILES string of the molecule is CC(C)CN(C(=O)C1CCCC1)C1CC1. The third-order valence-electron chi connectivity index (χ3n) is 3.54. The fourth-order valence-corrected chi connectivity index (χ4v) is 2.61. The highest BCUT2D eigenvalue weighted by Crippen LogP contribution is 2.33. The van der Waals surface area contributed by atoms with Crippen molar-refractivity contribution in [1.82, 2.24) is 4.90 Å². The lowest BCUT2D eigenvalue weighted by molar-refractivity contribution is -0.136. The molecule has 0 saturated heterocycles. The van der Waals surface area contributed by atoms with Crippen LogP contribution in [0.15, 0.2) is 0 Å². The topological polar surface area (TPSA) is 20.3 Å². The normalized spacial score (nSPS) is 22.3. The number of carbonyl (C=O) groups excluding carboxylic acids is 1. The van der Waals surface area contributed by atoms with Crippen LogP contribution in [0.3, 0.4) is 0 Å². The molecule has 0 aliphatic heterocycles. The number of carbonyl (C=O) groups is 1. The average molecular weight is 209 g/mol. The van der Waals surface area contributed by atoms with Gasteiger partial charge in [0.25, 0.3) is 0 Å². The van der Waals surface area contributed by atoms with Gasteiger partial charge in [-0.25, -0.2) is 0 Å². The van der Waals surface area contributed by atoms with E-state index in [0.717, 1.165) is 19.4 Å². The van der Waals surface area contributed by atoms with Crippen LogP contribution < -0.4 is 0 Å². The Labute approximate surface area is 93.0 Å². The van der Waals surface area contributed by atoms with Crippen LogP contribution in [0.25, 0.3) is 0 Å². The summed E-state index contributed by atoms with van der Waals surface area (Å²) in [5, 5.41) is 0. The summed E-state index contributed by atoms with van der Waals surface area (Å²) in [5.74, 6) is 1.43. The lowest BCUT2D eigenvalue weighted by atomic mass is 10.1. The van der Waals surface area contributed by atoms with E-state index in [1.165, 1.54) is 25.7 Å². The molecule has 2 aliphatic rings. The molecule has 2 rings (SSSR count). The predicted molar refractivity (Wildman–Crippen MR) is 61.5 cm³/mol. The van der Waals surface area contributed by atoms with Gasteiger partial charge in [0, 0.05) is 18.5 Å². The molecule has 2 saturated carbocycles. The maximum absolute atomic E-state index is 12.3. The Bertz CT molecular complexity index is 227. The molecule has 2 nitrogen and oxygen atoms in total. The maximum Gasteiger partial charge on any atom is 0.225 e. The second kappa shape index (κ2) is 4.54. The summed E-state index contributed by atoms with van der Waals surface area (Å²) in [5.41, 5.74) is 0. The summed E-state index contributed by atoms with van der Waals surface area (Å²) in [6, 6.07) is 0.598. The van der Waals surface area contributed by atoms with Gasteiger partial charge in [0.05, 0.1) is 0 Å². The van der Waals surface area contributed by atoms with Gasteiger partial charge in [0.2, 0.25) is 5.91 Å². The molecule has 0 aromatic rings. The third-order valence-corrected chi connectivity index (χ3v) is 3.54. The molecule has 0 spiro atoms. The first-order valence-electron chi connectivity index (χ1n) is 6.49. The largest absolute Gasteiger partial charge is 0.339 e. The number of nitrogens with zero attached hydrogens (tertiary/aromatic N) is 1. The highest BCUT2D eigenvalue weighted by atomic mass is 16.2. The second-order valence-electron chi connectivity index (χ2n) is 5.60. The molecule has 0 aromatic heterocycles. The van der Waals surface area contributed by atoms with Crippen molar-refractivity contribution in [1.29, 1.82) is 0 Å². The van der Waals surface area contributed by atoms with Crippen LogP contribution in [0.2, 0.25) is 0 Å². The minimum atomic E-state index is 0.365. The van der Waals surface area contributed by atoms with Gasteiger partial charge in [-0.2, -0.15) is 0 Å². The van der Waals surface area contributed by atoms with Crippen molar-refractivity contribution in [3.05, 3.63) is 0 Å². The number of amides is 1. The van der Waals surface area contributed by atoms with Crippen LogP contribution in [-0.2, 0) is 4.79 Å². The Morgan fingerprint density at radius 3 is 2.27 bits per heavy atom. The van der Waals surface area contributed by atoms with Crippen LogP contribution in [0.5, 0.6) is 0 Å². The smallest absolute Gasteiger partial charge is 0.225 e. The summed E-state index contributed by atoms with van der Waals surface area (Å²) in [6.45, 7) is 5.38. The summed E-state index contributed by atoms with van der Waals surface area (Å²) in [7, 11) is 0. The monoisotopic (exact) mass is 209 g/mol. The van der Waals surface area contributed by atoms with Crippen LogP contribution in [0.4, 0.5) is 0 Å². The minimum Gasteiger partial charge on any atom is -0.339 e. The van der Waals surface area contributed by atoms with Crippen LogP contribution in [0.1, 0.15) is 52.4 Å². The summed E-state index contributed by atoms with van der Waals surface area (Å²) >= 11 is 0. The van der Waals surface area contributed by atoms with Crippen molar-refractivity contribution in [2.45, 2.75) is 58.4 Å². The molecule has 0 bridgehead atoms. The molecule has 1 amide bonds. The van der Waals surface area contributed by atoms with Crippen molar-refractivity contribution in [2.24, 2.45) is 11.8 Å². The van der Waals surface area contributed by atoms with Crippen molar-refractivity contribution < 1.29 is 4.79 Å². The Kier molecular flexibility index (Phi) is 3.32. The highest BCUT2D eigenvalue weighted by molar-refractivity contribution is 5.79. The third kappa shape index (κ3) is 2.73. The Hall–Kier alpha value is -0.530. The second-order valence-corrected chi connectivity index (χ2v) is 5.60. The first kappa shape index (κ1) is 11.0. The van der Waals surface area contributed by atoms with E-state index >= 15 is 0 Å². The molecule has 15 heavy (non-hydrogen) atoms. The first-order valence-corrected chi connectivity index (χ1v) is 6.49. The van der Waals surface area contributed by atoms with Gasteiger partial charge in [0.15, 0.2) is 0 Å². The Morgan fingerprint density at radius 2 is 1.80 bits per heavy atom. The molecule has 0 radical (unpaired) electrons. The molecular formula is C13H23NO. The van der Waals surface area contributed by atoms with Crippen LogP contribution >= 0.6 is 0 Å². The first-order chi connectivity index (χ1) is 7.18. The maximum atomic E-state index is 12.3. The molecular weight excluding hydrogens is 186 g/mol. The average Bonchev–Trinajstić information content (AvgIpc) is 2.88. The van der Waals surface area contributed by atoms with Gasteiger partial charge in [-0.05, 0) is 31.6 Å². The lowest BCUT2D eigenvalue weighted by Gasteiger charge is -2.27. The summed E-state index contributed by atoms with van der Waals surface area (Å²) < 4.78 is 0. The van der Waals surface area contributed by atoms with E-state index in [0.29, 0.717) is 23.8 Å². The molecule has 2 heteroatoms. The fraction of sp³-hybridized carbons (Fsp3) is 0.923. The van der Waals surface area contributed by atoms with E-state index < -0.39 is 0 Å².